The third-order valence-electron chi connectivity index (χ3n) is 2.56. The van der Waals surface area contributed by atoms with Crippen LogP contribution in [0.15, 0.2) is 41.0 Å². The second-order valence-corrected chi connectivity index (χ2v) is 4.60. The lowest BCUT2D eigenvalue weighted by Gasteiger charge is -2.11. The van der Waals surface area contributed by atoms with E-state index in [2.05, 4.69) is 26.2 Å². The summed E-state index contributed by atoms with van der Waals surface area (Å²) in [6.45, 7) is 1.94. The van der Waals surface area contributed by atoms with Gasteiger partial charge in [0.05, 0.1) is 0 Å². The fraction of sp³-hybridized carbons (Fsp3) is 0.0769. The lowest BCUT2D eigenvalue weighted by Crippen LogP contribution is -2.05. The smallest absolute Gasteiger partial charge is 0.339 e. The second kappa shape index (κ2) is 5.18. The normalized spacial score (nSPS) is 10.1. The predicted molar refractivity (Wildman–Crippen MR) is 73.4 cm³/mol. The number of aromatic nitrogens is 1. The Morgan fingerprint density at radius 2 is 2.11 bits per heavy atom. The number of nitrogens with one attached hydrogen (secondary N) is 1. The summed E-state index contributed by atoms with van der Waals surface area (Å²) in [5.74, 6) is -0.663. The molecule has 2 rings (SSSR count). The third kappa shape index (κ3) is 2.51. The molecule has 0 radical (unpaired) electrons. The van der Waals surface area contributed by atoms with E-state index >= 15 is 0 Å². The van der Waals surface area contributed by atoms with Crippen LogP contribution in [-0.2, 0) is 0 Å². The molecule has 5 heteroatoms. The minimum absolute atomic E-state index is 0.150. The summed E-state index contributed by atoms with van der Waals surface area (Å²) >= 11 is 3.43. The maximum atomic E-state index is 11.1. The number of pyridine rings is 1. The number of hydrogen-bond acceptors (Lipinski definition) is 3. The lowest BCUT2D eigenvalue weighted by atomic mass is 10.2. The number of anilines is 2. The van der Waals surface area contributed by atoms with Crippen LogP contribution in [-0.4, -0.2) is 16.1 Å². The second-order valence-electron chi connectivity index (χ2n) is 3.74. The van der Waals surface area contributed by atoms with E-state index in [-0.39, 0.29) is 5.56 Å². The average Bonchev–Trinajstić information content (AvgIpc) is 2.35. The van der Waals surface area contributed by atoms with Gasteiger partial charge in [0.15, 0.2) is 0 Å². The SMILES string of the molecule is Cc1c(Br)cccc1Nc1ncccc1C(=O)O. The van der Waals surface area contributed by atoms with Gasteiger partial charge in [-0.3, -0.25) is 0 Å². The van der Waals surface area contributed by atoms with Crippen molar-refractivity contribution in [2.24, 2.45) is 0 Å². The number of nitrogens with zero attached hydrogens (tertiary/aromatic N) is 1. The van der Waals surface area contributed by atoms with Gasteiger partial charge in [-0.25, -0.2) is 9.78 Å². The van der Waals surface area contributed by atoms with Crippen LogP contribution in [0.1, 0.15) is 15.9 Å². The zero-order chi connectivity index (χ0) is 13.1. The molecule has 0 aliphatic carbocycles. The molecule has 2 aromatic rings. The van der Waals surface area contributed by atoms with Gasteiger partial charge in [-0.15, -0.1) is 0 Å². The molecule has 1 aromatic carbocycles. The minimum atomic E-state index is -1.00. The van der Waals surface area contributed by atoms with Crippen molar-refractivity contribution >= 4 is 33.4 Å². The van der Waals surface area contributed by atoms with Crippen molar-refractivity contribution in [1.29, 1.82) is 0 Å². The molecule has 0 spiro atoms. The van der Waals surface area contributed by atoms with Crippen molar-refractivity contribution in [1.82, 2.24) is 4.98 Å². The van der Waals surface area contributed by atoms with Crippen LogP contribution < -0.4 is 5.32 Å². The summed E-state index contributed by atoms with van der Waals surface area (Å²) in [4.78, 5) is 15.1. The Morgan fingerprint density at radius 3 is 2.83 bits per heavy atom. The summed E-state index contributed by atoms with van der Waals surface area (Å²) in [5.41, 5.74) is 1.97. The van der Waals surface area contributed by atoms with Crippen LogP contribution in [0.2, 0.25) is 0 Å². The van der Waals surface area contributed by atoms with Gasteiger partial charge >= 0.3 is 5.97 Å². The molecule has 0 saturated heterocycles. The molecule has 0 fully saturated rings. The molecule has 1 aromatic heterocycles. The predicted octanol–water partition coefficient (Wildman–Crippen LogP) is 3.59. The van der Waals surface area contributed by atoms with Crippen LogP contribution in [0.5, 0.6) is 0 Å². The molecule has 18 heavy (non-hydrogen) atoms. The van der Waals surface area contributed by atoms with Gasteiger partial charge in [0, 0.05) is 16.4 Å². The van der Waals surface area contributed by atoms with Crippen LogP contribution in [0.25, 0.3) is 0 Å². The van der Waals surface area contributed by atoms with Gasteiger partial charge in [-0.2, -0.15) is 0 Å². The molecule has 0 aliphatic rings. The fourth-order valence-corrected chi connectivity index (χ4v) is 1.91. The maximum Gasteiger partial charge on any atom is 0.339 e. The number of benzene rings is 1. The van der Waals surface area contributed by atoms with Gasteiger partial charge in [0.2, 0.25) is 0 Å². The van der Waals surface area contributed by atoms with Gasteiger partial charge in [-0.05, 0) is 36.8 Å². The molecule has 0 unspecified atom stereocenters. The number of carbonyl (C=O) groups is 1. The Bertz CT molecular complexity index is 599. The van der Waals surface area contributed by atoms with E-state index in [4.69, 9.17) is 5.11 Å². The summed E-state index contributed by atoms with van der Waals surface area (Å²) in [7, 11) is 0. The Labute approximate surface area is 113 Å². The highest BCUT2D eigenvalue weighted by molar-refractivity contribution is 9.10. The van der Waals surface area contributed by atoms with E-state index in [1.807, 2.05) is 25.1 Å². The first kappa shape index (κ1) is 12.6. The summed E-state index contributed by atoms with van der Waals surface area (Å²) < 4.78 is 0.959. The van der Waals surface area contributed by atoms with Crippen LogP contribution >= 0.6 is 15.9 Å². The van der Waals surface area contributed by atoms with Crippen molar-refractivity contribution in [3.05, 3.63) is 52.1 Å². The highest BCUT2D eigenvalue weighted by Gasteiger charge is 2.11. The van der Waals surface area contributed by atoms with Gasteiger partial charge in [0.25, 0.3) is 0 Å². The summed E-state index contributed by atoms with van der Waals surface area (Å²) in [5, 5.41) is 12.1. The minimum Gasteiger partial charge on any atom is -0.478 e. The fourth-order valence-electron chi connectivity index (χ4n) is 1.55. The average molecular weight is 307 g/mol. The first-order valence-electron chi connectivity index (χ1n) is 5.30. The molecular weight excluding hydrogens is 296 g/mol. The number of hydrogen-bond donors (Lipinski definition) is 2. The third-order valence-corrected chi connectivity index (χ3v) is 3.42. The van der Waals surface area contributed by atoms with Crippen molar-refractivity contribution < 1.29 is 9.90 Å². The summed E-state index contributed by atoms with van der Waals surface area (Å²) in [6.07, 6.45) is 1.56. The zero-order valence-corrected chi connectivity index (χ0v) is 11.2. The van der Waals surface area contributed by atoms with Crippen molar-refractivity contribution in [2.45, 2.75) is 6.92 Å². The first-order chi connectivity index (χ1) is 8.59. The van der Waals surface area contributed by atoms with E-state index in [9.17, 15) is 4.79 Å². The zero-order valence-electron chi connectivity index (χ0n) is 9.64. The maximum absolute atomic E-state index is 11.1. The van der Waals surface area contributed by atoms with Gasteiger partial charge in [0.1, 0.15) is 11.4 Å². The highest BCUT2D eigenvalue weighted by Crippen LogP contribution is 2.26. The van der Waals surface area contributed by atoms with Crippen LogP contribution in [0.3, 0.4) is 0 Å². The molecule has 92 valence electrons. The van der Waals surface area contributed by atoms with Crippen molar-refractivity contribution in [3.63, 3.8) is 0 Å². The molecule has 0 atom stereocenters. The quantitative estimate of drug-likeness (QED) is 0.909. The van der Waals surface area contributed by atoms with E-state index in [1.54, 1.807) is 12.3 Å². The number of halogens is 1. The molecule has 0 aliphatic heterocycles. The number of rotatable bonds is 3. The van der Waals surface area contributed by atoms with Crippen LogP contribution in [0.4, 0.5) is 11.5 Å². The van der Waals surface area contributed by atoms with Crippen LogP contribution in [0, 0.1) is 6.92 Å². The number of carboxylic acid groups (broad SMARTS) is 1. The molecule has 0 amide bonds. The van der Waals surface area contributed by atoms with E-state index in [1.165, 1.54) is 6.07 Å². The standard InChI is InChI=1S/C13H11BrN2O2/c1-8-10(14)5-2-6-11(8)16-12-9(13(17)18)4-3-7-15-12/h2-7H,1H3,(H,15,16)(H,17,18). The largest absolute Gasteiger partial charge is 0.478 e. The molecular formula is C13H11BrN2O2. The topological polar surface area (TPSA) is 62.2 Å². The van der Waals surface area contributed by atoms with E-state index in [0.29, 0.717) is 5.82 Å². The van der Waals surface area contributed by atoms with Gasteiger partial charge in [-0.1, -0.05) is 22.0 Å². The Kier molecular flexibility index (Phi) is 3.62. The Hall–Kier alpha value is -1.88. The number of carboxylic acids is 1. The Balaban J connectivity index is 2.40. The Morgan fingerprint density at radius 1 is 1.33 bits per heavy atom. The van der Waals surface area contributed by atoms with Crippen molar-refractivity contribution in [3.8, 4) is 0 Å². The lowest BCUT2D eigenvalue weighted by molar-refractivity contribution is 0.0697. The van der Waals surface area contributed by atoms with E-state index < -0.39 is 5.97 Å². The highest BCUT2D eigenvalue weighted by atomic mass is 79.9. The molecule has 0 saturated carbocycles. The molecule has 1 heterocycles. The molecule has 0 bridgehead atoms. The number of aromatic carboxylic acids is 1. The van der Waals surface area contributed by atoms with E-state index in [0.717, 1.165) is 15.7 Å². The molecule has 2 N–H and O–H groups in total. The van der Waals surface area contributed by atoms with Gasteiger partial charge < -0.3 is 10.4 Å². The first-order valence-corrected chi connectivity index (χ1v) is 6.09. The van der Waals surface area contributed by atoms with Crippen molar-refractivity contribution in [2.75, 3.05) is 5.32 Å². The summed E-state index contributed by atoms with van der Waals surface area (Å²) in [6, 6.07) is 8.80. The monoisotopic (exact) mass is 306 g/mol. The molecule has 4 nitrogen and oxygen atoms in total.